The molecular weight excluding hydrogens is 733 g/mol. The van der Waals surface area contributed by atoms with Crippen molar-refractivity contribution in [3.8, 4) is 28.4 Å². The number of fused-ring (bicyclic) bond motifs is 3. The van der Waals surface area contributed by atoms with Crippen molar-refractivity contribution < 1.29 is 4.74 Å². The number of allylic oxidation sites excluding steroid dienone is 1. The first kappa shape index (κ1) is 38.9. The fourth-order valence-corrected chi connectivity index (χ4v) is 8.52. The zero-order chi connectivity index (χ0) is 41.8. The summed E-state index contributed by atoms with van der Waals surface area (Å²) in [6.45, 7) is 18.9. The van der Waals surface area contributed by atoms with Gasteiger partial charge in [0, 0.05) is 57.8 Å². The van der Waals surface area contributed by atoms with Gasteiger partial charge in [-0.3, -0.25) is 4.57 Å². The van der Waals surface area contributed by atoms with Crippen LogP contribution in [0.25, 0.3) is 38.8 Å². The number of aromatic nitrogens is 2. The van der Waals surface area contributed by atoms with E-state index in [2.05, 4.69) is 234 Å². The minimum absolute atomic E-state index is 0.0135. The van der Waals surface area contributed by atoms with Gasteiger partial charge in [0.15, 0.2) is 0 Å². The second-order valence-electron chi connectivity index (χ2n) is 18.7. The molecule has 0 aliphatic carbocycles. The Kier molecular flexibility index (Phi) is 9.66. The molecule has 3 heterocycles. The van der Waals surface area contributed by atoms with Gasteiger partial charge in [0.05, 0.1) is 17.7 Å². The molecular formula is C55H54N4O. The van der Waals surface area contributed by atoms with Crippen LogP contribution < -0.4 is 14.5 Å². The highest BCUT2D eigenvalue weighted by Gasteiger charge is 2.36. The van der Waals surface area contributed by atoms with Crippen LogP contribution in [-0.4, -0.2) is 16.2 Å². The molecule has 9 rings (SSSR count). The van der Waals surface area contributed by atoms with Crippen molar-refractivity contribution in [2.24, 2.45) is 0 Å². The highest BCUT2D eigenvalue weighted by molar-refractivity contribution is 6.09. The van der Waals surface area contributed by atoms with Crippen LogP contribution in [0.3, 0.4) is 0 Å². The van der Waals surface area contributed by atoms with E-state index in [1.807, 2.05) is 6.20 Å². The minimum atomic E-state index is -0.307. The third-order valence-electron chi connectivity index (χ3n) is 12.1. The molecule has 1 aliphatic heterocycles. The summed E-state index contributed by atoms with van der Waals surface area (Å²) in [7, 11) is 0. The highest BCUT2D eigenvalue weighted by Crippen LogP contribution is 2.44. The summed E-state index contributed by atoms with van der Waals surface area (Å²) in [5.41, 5.74) is 11.4. The molecule has 5 nitrogen and oxygen atoms in total. The Morgan fingerprint density at radius 2 is 1.17 bits per heavy atom. The van der Waals surface area contributed by atoms with E-state index in [1.54, 1.807) is 0 Å². The summed E-state index contributed by atoms with van der Waals surface area (Å²) >= 11 is 0. The second kappa shape index (κ2) is 14.9. The van der Waals surface area contributed by atoms with Crippen molar-refractivity contribution in [2.75, 3.05) is 16.5 Å². The molecule has 0 atom stereocenters. The lowest BCUT2D eigenvalue weighted by molar-refractivity contribution is 0.483. The fourth-order valence-electron chi connectivity index (χ4n) is 8.52. The molecule has 0 amide bonds. The van der Waals surface area contributed by atoms with Gasteiger partial charge >= 0.3 is 0 Å². The van der Waals surface area contributed by atoms with Gasteiger partial charge in [-0.15, -0.1) is 0 Å². The molecule has 0 saturated heterocycles. The summed E-state index contributed by atoms with van der Waals surface area (Å²) in [6.07, 6.45) is 4.27. The van der Waals surface area contributed by atoms with Gasteiger partial charge in [0.25, 0.3) is 0 Å². The molecule has 2 aromatic heterocycles. The Bertz CT molecular complexity index is 2870. The van der Waals surface area contributed by atoms with Crippen molar-refractivity contribution >= 4 is 33.2 Å². The fraction of sp³-hybridized carbons (Fsp3) is 0.218. The molecule has 60 heavy (non-hydrogen) atoms. The van der Waals surface area contributed by atoms with E-state index < -0.39 is 0 Å². The molecule has 1 aliphatic rings. The lowest BCUT2D eigenvalue weighted by Crippen LogP contribution is -2.34. The van der Waals surface area contributed by atoms with E-state index >= 15 is 0 Å². The summed E-state index contributed by atoms with van der Waals surface area (Å²) in [6, 6.07) is 56.5. The zero-order valence-electron chi connectivity index (χ0n) is 36.1. The van der Waals surface area contributed by atoms with Crippen LogP contribution in [0.15, 0.2) is 176 Å². The number of para-hydroxylation sites is 1. The van der Waals surface area contributed by atoms with Crippen molar-refractivity contribution in [2.45, 2.75) is 71.6 Å². The predicted molar refractivity (Wildman–Crippen MR) is 252 cm³/mol. The average molecular weight is 787 g/mol. The van der Waals surface area contributed by atoms with Gasteiger partial charge in [-0.1, -0.05) is 146 Å². The molecule has 0 unspecified atom stereocenters. The SMILES string of the molecule is CC(C)(C)c1cccc(N2C=C(C(C)(C)c3ccccc3)N(c3cc(Oc4ccc5c6ccccc6n(-c6cc(C(C)(C)C)ccn6)c5c4)cc(-c4ccccc4)c3)C2)c1. The van der Waals surface area contributed by atoms with Gasteiger partial charge in [0.1, 0.15) is 17.3 Å². The molecule has 8 aromatic rings. The molecule has 0 fully saturated rings. The highest BCUT2D eigenvalue weighted by atomic mass is 16.5. The number of rotatable bonds is 8. The smallest absolute Gasteiger partial charge is 0.137 e. The Balaban J connectivity index is 1.17. The number of anilines is 2. The number of nitrogens with zero attached hydrogens (tertiary/aromatic N) is 4. The first-order chi connectivity index (χ1) is 28.7. The average Bonchev–Trinajstić information content (AvgIpc) is 3.85. The number of benzene rings is 6. The van der Waals surface area contributed by atoms with Gasteiger partial charge in [0.2, 0.25) is 0 Å². The van der Waals surface area contributed by atoms with E-state index in [4.69, 9.17) is 9.72 Å². The van der Waals surface area contributed by atoms with Crippen LogP contribution in [0, 0.1) is 0 Å². The molecule has 0 saturated carbocycles. The Hall–Kier alpha value is -6.59. The first-order valence-electron chi connectivity index (χ1n) is 21.1. The summed E-state index contributed by atoms with van der Waals surface area (Å²) in [5.74, 6) is 2.43. The van der Waals surface area contributed by atoms with E-state index in [1.165, 1.54) is 33.5 Å². The third kappa shape index (κ3) is 7.34. The van der Waals surface area contributed by atoms with Crippen molar-refractivity contribution in [3.63, 3.8) is 0 Å². The molecule has 0 spiro atoms. The van der Waals surface area contributed by atoms with Crippen molar-refractivity contribution in [3.05, 3.63) is 193 Å². The van der Waals surface area contributed by atoms with Gasteiger partial charge in [-0.2, -0.15) is 0 Å². The Labute approximate surface area is 355 Å². The molecule has 6 aromatic carbocycles. The Morgan fingerprint density at radius 1 is 0.500 bits per heavy atom. The van der Waals surface area contributed by atoms with Gasteiger partial charge in [-0.25, -0.2) is 4.98 Å². The predicted octanol–water partition coefficient (Wildman–Crippen LogP) is 14.3. The van der Waals surface area contributed by atoms with E-state index in [0.29, 0.717) is 6.67 Å². The number of hydrogen-bond acceptors (Lipinski definition) is 4. The van der Waals surface area contributed by atoms with Crippen LogP contribution in [0.2, 0.25) is 0 Å². The number of pyridine rings is 1. The third-order valence-corrected chi connectivity index (χ3v) is 12.1. The molecule has 300 valence electrons. The lowest BCUT2D eigenvalue weighted by atomic mass is 9.81. The van der Waals surface area contributed by atoms with Crippen LogP contribution in [-0.2, 0) is 16.2 Å². The summed E-state index contributed by atoms with van der Waals surface area (Å²) < 4.78 is 9.26. The molecule has 0 bridgehead atoms. The topological polar surface area (TPSA) is 33.5 Å². The van der Waals surface area contributed by atoms with E-state index in [9.17, 15) is 0 Å². The van der Waals surface area contributed by atoms with Crippen LogP contribution in [0.1, 0.15) is 72.1 Å². The molecule has 0 radical (unpaired) electrons. The monoisotopic (exact) mass is 786 g/mol. The number of ether oxygens (including phenoxy) is 1. The maximum atomic E-state index is 6.99. The van der Waals surface area contributed by atoms with Crippen LogP contribution >= 0.6 is 0 Å². The van der Waals surface area contributed by atoms with Crippen LogP contribution in [0.5, 0.6) is 11.5 Å². The Morgan fingerprint density at radius 3 is 1.92 bits per heavy atom. The first-order valence-corrected chi connectivity index (χ1v) is 21.1. The largest absolute Gasteiger partial charge is 0.457 e. The van der Waals surface area contributed by atoms with Crippen molar-refractivity contribution in [1.29, 1.82) is 0 Å². The van der Waals surface area contributed by atoms with Gasteiger partial charge < -0.3 is 14.5 Å². The van der Waals surface area contributed by atoms with E-state index in [0.717, 1.165) is 50.6 Å². The standard InChI is InChI=1S/C55H54N4O/c1-53(2,3)41-22-17-23-43(32-41)57-36-51(55(7,8)40-20-13-10-14-21-40)58(37-57)44-30-39(38-18-11-9-12-19-38)31-46(34-44)60-45-26-27-48-47-24-15-16-25-49(47)59(50(48)35-45)52-33-42(28-29-56-52)54(4,5)6/h9-36H,37H2,1-8H3. The summed E-state index contributed by atoms with van der Waals surface area (Å²) in [5, 5.41) is 2.34. The quantitative estimate of drug-likeness (QED) is 0.154. The number of hydrogen-bond donors (Lipinski definition) is 0. The second-order valence-corrected chi connectivity index (χ2v) is 18.7. The molecule has 0 N–H and O–H groups in total. The van der Waals surface area contributed by atoms with Crippen molar-refractivity contribution in [1.82, 2.24) is 9.55 Å². The summed E-state index contributed by atoms with van der Waals surface area (Å²) in [4.78, 5) is 9.76. The molecule has 5 heteroatoms. The van der Waals surface area contributed by atoms with Crippen LogP contribution in [0.4, 0.5) is 11.4 Å². The van der Waals surface area contributed by atoms with Gasteiger partial charge in [-0.05, 0) is 93.2 Å². The lowest BCUT2D eigenvalue weighted by Gasteiger charge is -2.34. The minimum Gasteiger partial charge on any atom is -0.457 e. The maximum absolute atomic E-state index is 6.99. The normalized spacial score (nSPS) is 13.6. The zero-order valence-corrected chi connectivity index (χ0v) is 36.1. The maximum Gasteiger partial charge on any atom is 0.137 e. The van der Waals surface area contributed by atoms with E-state index in [-0.39, 0.29) is 16.2 Å².